The average Bonchev–Trinajstić information content (AvgIpc) is 3.42. The molecule has 4 aromatic carbocycles. The van der Waals surface area contributed by atoms with Gasteiger partial charge < -0.3 is 0 Å². The molecule has 240 valence electrons. The summed E-state index contributed by atoms with van der Waals surface area (Å²) in [6.45, 7) is 13.5. The fourth-order valence-corrected chi connectivity index (χ4v) is 7.64. The van der Waals surface area contributed by atoms with Crippen LogP contribution in [0.3, 0.4) is 0 Å². The number of hydrogen-bond donors (Lipinski definition) is 0. The van der Waals surface area contributed by atoms with Gasteiger partial charge in [-0.2, -0.15) is 0 Å². The van der Waals surface area contributed by atoms with Crippen molar-refractivity contribution in [3.05, 3.63) is 173 Å². The van der Waals surface area contributed by atoms with Gasteiger partial charge in [0.05, 0.1) is 22.3 Å². The summed E-state index contributed by atoms with van der Waals surface area (Å²) in [5.74, 6) is 0. The molecule has 8 rings (SSSR count). The van der Waals surface area contributed by atoms with E-state index in [2.05, 4.69) is 157 Å². The Kier molecular flexibility index (Phi) is 7.15. The number of pyridine rings is 3. The summed E-state index contributed by atoms with van der Waals surface area (Å²) < 4.78 is 0. The molecule has 0 fully saturated rings. The van der Waals surface area contributed by atoms with Gasteiger partial charge in [0.15, 0.2) is 0 Å². The molecule has 0 aliphatic heterocycles. The van der Waals surface area contributed by atoms with Crippen LogP contribution in [0.5, 0.6) is 0 Å². The minimum absolute atomic E-state index is 0.0120. The molecule has 0 saturated heterocycles. The molecule has 0 bridgehead atoms. The van der Waals surface area contributed by atoms with Crippen molar-refractivity contribution in [1.82, 2.24) is 15.0 Å². The Morgan fingerprint density at radius 2 is 1.06 bits per heavy atom. The van der Waals surface area contributed by atoms with E-state index in [1.165, 1.54) is 44.5 Å². The maximum Gasteiger partial charge on any atom is 0.0796 e. The van der Waals surface area contributed by atoms with E-state index in [9.17, 15) is 0 Å². The Morgan fingerprint density at radius 3 is 1.71 bits per heavy atom. The molecule has 0 unspecified atom stereocenters. The van der Waals surface area contributed by atoms with Crippen LogP contribution in [-0.2, 0) is 16.2 Å². The number of fused-ring (bicyclic) bond motifs is 4. The number of hydrogen-bond acceptors (Lipinski definition) is 3. The van der Waals surface area contributed by atoms with Gasteiger partial charge in [-0.3, -0.25) is 15.0 Å². The molecular weight excluding hydrogens is 595 g/mol. The summed E-state index contributed by atoms with van der Waals surface area (Å²) in [5, 5.41) is 1.09. The molecule has 1 aliphatic carbocycles. The molecule has 3 heteroatoms. The third kappa shape index (κ3) is 5.07. The summed E-state index contributed by atoms with van der Waals surface area (Å²) in [7, 11) is 0. The molecule has 49 heavy (non-hydrogen) atoms. The van der Waals surface area contributed by atoms with E-state index in [1.807, 2.05) is 24.7 Å². The van der Waals surface area contributed by atoms with Crippen LogP contribution in [0.4, 0.5) is 0 Å². The third-order valence-electron chi connectivity index (χ3n) is 10.2. The van der Waals surface area contributed by atoms with Crippen molar-refractivity contribution in [1.29, 1.82) is 0 Å². The predicted molar refractivity (Wildman–Crippen MR) is 203 cm³/mol. The molecule has 0 radical (unpaired) electrons. The second kappa shape index (κ2) is 11.3. The Morgan fingerprint density at radius 1 is 0.449 bits per heavy atom. The minimum atomic E-state index is -0.592. The topological polar surface area (TPSA) is 38.7 Å². The van der Waals surface area contributed by atoms with Crippen LogP contribution < -0.4 is 0 Å². The molecule has 1 aliphatic rings. The number of aromatic nitrogens is 3. The van der Waals surface area contributed by atoms with Crippen molar-refractivity contribution in [2.75, 3.05) is 0 Å². The molecule has 0 atom stereocenters. The summed E-state index contributed by atoms with van der Waals surface area (Å²) >= 11 is 0. The number of rotatable bonds is 4. The largest absolute Gasteiger partial charge is 0.256 e. The van der Waals surface area contributed by atoms with Crippen LogP contribution in [0.2, 0.25) is 0 Å². The lowest BCUT2D eigenvalue weighted by Gasteiger charge is -2.35. The zero-order valence-corrected chi connectivity index (χ0v) is 29.1. The first kappa shape index (κ1) is 30.9. The molecule has 3 heterocycles. The highest BCUT2D eigenvalue weighted by Crippen LogP contribution is 2.57. The monoisotopic (exact) mass is 635 g/mol. The smallest absolute Gasteiger partial charge is 0.0796 e. The van der Waals surface area contributed by atoms with Crippen molar-refractivity contribution in [2.24, 2.45) is 0 Å². The molecule has 0 saturated carbocycles. The predicted octanol–water partition coefficient (Wildman–Crippen LogP) is 11.3. The van der Waals surface area contributed by atoms with Crippen LogP contribution in [0.1, 0.15) is 74.9 Å². The highest BCUT2D eigenvalue weighted by Gasteiger charge is 2.46. The van der Waals surface area contributed by atoms with E-state index < -0.39 is 5.41 Å². The van der Waals surface area contributed by atoms with Crippen molar-refractivity contribution in [2.45, 2.75) is 57.8 Å². The summed E-state index contributed by atoms with van der Waals surface area (Å²) in [4.78, 5) is 14.8. The Balaban J connectivity index is 1.46. The Labute approximate surface area is 289 Å². The Bertz CT molecular complexity index is 2330. The van der Waals surface area contributed by atoms with Crippen molar-refractivity contribution in [3.63, 3.8) is 0 Å². The molecule has 0 N–H and O–H groups in total. The second-order valence-electron chi connectivity index (χ2n) is 15.4. The quantitative estimate of drug-likeness (QED) is 0.193. The Hall–Kier alpha value is -5.41. The van der Waals surface area contributed by atoms with Gasteiger partial charge in [-0.05, 0) is 104 Å². The maximum absolute atomic E-state index is 4.96. The first-order valence-electron chi connectivity index (χ1n) is 17.2. The van der Waals surface area contributed by atoms with Crippen LogP contribution >= 0.6 is 0 Å². The minimum Gasteiger partial charge on any atom is -0.256 e. The van der Waals surface area contributed by atoms with Crippen molar-refractivity contribution in [3.8, 4) is 33.6 Å². The summed E-state index contributed by atoms with van der Waals surface area (Å²) in [6, 6.07) is 44.5. The van der Waals surface area contributed by atoms with Gasteiger partial charge in [-0.25, -0.2) is 0 Å². The highest BCUT2D eigenvalue weighted by molar-refractivity contribution is 5.96. The van der Waals surface area contributed by atoms with Gasteiger partial charge in [0.25, 0.3) is 0 Å². The standard InChI is InChI=1S/C46H41N3/c1-44(2,3)32-20-23-47-41(28-32)30-13-11-15-34(25-30)46(39-18-9-7-16-36(39)37-17-8-10-19-40(37)46)35-26-31-14-12-22-49-43(31)38(27-35)42-29-33(21-24-48-42)45(4,5)6/h7-29H,1-6H3. The number of nitrogens with zero attached hydrogens (tertiary/aromatic N) is 3. The van der Waals surface area contributed by atoms with E-state index in [4.69, 9.17) is 15.0 Å². The highest BCUT2D eigenvalue weighted by atomic mass is 14.7. The van der Waals surface area contributed by atoms with Crippen LogP contribution in [-0.4, -0.2) is 15.0 Å². The van der Waals surface area contributed by atoms with Crippen LogP contribution in [0.15, 0.2) is 140 Å². The lowest BCUT2D eigenvalue weighted by Crippen LogP contribution is -2.28. The molecule has 7 aromatic rings. The number of benzene rings is 4. The van der Waals surface area contributed by atoms with Gasteiger partial charge in [0.2, 0.25) is 0 Å². The lowest BCUT2D eigenvalue weighted by atomic mass is 9.67. The van der Waals surface area contributed by atoms with Gasteiger partial charge in [0.1, 0.15) is 0 Å². The first-order chi connectivity index (χ1) is 23.5. The van der Waals surface area contributed by atoms with E-state index in [-0.39, 0.29) is 10.8 Å². The first-order valence-corrected chi connectivity index (χ1v) is 17.2. The fraction of sp³-hybridized carbons (Fsp3) is 0.196. The molecule has 3 aromatic heterocycles. The van der Waals surface area contributed by atoms with E-state index in [0.29, 0.717) is 0 Å². The second-order valence-corrected chi connectivity index (χ2v) is 15.4. The summed E-state index contributed by atoms with van der Waals surface area (Å²) in [6.07, 6.45) is 5.77. The normalized spacial score (nSPS) is 13.7. The van der Waals surface area contributed by atoms with E-state index in [1.54, 1.807) is 0 Å². The van der Waals surface area contributed by atoms with Crippen molar-refractivity contribution < 1.29 is 0 Å². The van der Waals surface area contributed by atoms with E-state index in [0.717, 1.165) is 33.4 Å². The van der Waals surface area contributed by atoms with Crippen molar-refractivity contribution >= 4 is 10.9 Å². The van der Waals surface area contributed by atoms with Gasteiger partial charge in [-0.1, -0.05) is 114 Å². The maximum atomic E-state index is 4.96. The molecular formula is C46H41N3. The molecule has 0 spiro atoms. The zero-order chi connectivity index (χ0) is 34.0. The van der Waals surface area contributed by atoms with E-state index >= 15 is 0 Å². The third-order valence-corrected chi connectivity index (χ3v) is 10.2. The van der Waals surface area contributed by atoms with Gasteiger partial charge in [-0.15, -0.1) is 0 Å². The average molecular weight is 636 g/mol. The van der Waals surface area contributed by atoms with Gasteiger partial charge >= 0.3 is 0 Å². The molecule has 0 amide bonds. The van der Waals surface area contributed by atoms with Crippen LogP contribution in [0, 0.1) is 0 Å². The fourth-order valence-electron chi connectivity index (χ4n) is 7.64. The SMILES string of the molecule is CC(C)(C)c1ccnc(-c2cccc(C3(c4cc(-c5cc(C(C)(C)C)ccn5)c5ncccc5c4)c4ccccc4-c4ccccc43)c2)c1. The van der Waals surface area contributed by atoms with Crippen LogP contribution in [0.25, 0.3) is 44.5 Å². The summed E-state index contributed by atoms with van der Waals surface area (Å²) in [5.41, 5.74) is 14.4. The van der Waals surface area contributed by atoms with Gasteiger partial charge in [0, 0.05) is 35.1 Å². The molecule has 3 nitrogen and oxygen atoms in total. The lowest BCUT2D eigenvalue weighted by molar-refractivity contribution is 0.589. The zero-order valence-electron chi connectivity index (χ0n) is 29.1.